The van der Waals surface area contributed by atoms with Crippen molar-refractivity contribution < 1.29 is 23.8 Å². The van der Waals surface area contributed by atoms with Gasteiger partial charge in [-0.1, -0.05) is 47.5 Å². The molecule has 4 rings (SSSR count). The molecular formula is C26H20Cl2N2O5. The van der Waals surface area contributed by atoms with Crippen LogP contribution in [-0.2, 0) is 16.1 Å². The molecular weight excluding hydrogens is 491 g/mol. The number of benzene rings is 3. The van der Waals surface area contributed by atoms with Gasteiger partial charge in [-0.2, -0.15) is 5.10 Å². The summed E-state index contributed by atoms with van der Waals surface area (Å²) < 4.78 is 17.1. The molecule has 7 nitrogen and oxygen atoms in total. The molecule has 0 spiro atoms. The average Bonchev–Trinajstić information content (AvgIpc) is 3.29. The third-order valence-electron chi connectivity index (χ3n) is 5.23. The van der Waals surface area contributed by atoms with E-state index < -0.39 is 11.9 Å². The number of ether oxygens (including phenoxy) is 3. The van der Waals surface area contributed by atoms with Crippen molar-refractivity contribution in [2.45, 2.75) is 6.61 Å². The summed E-state index contributed by atoms with van der Waals surface area (Å²) >= 11 is 12.4. The van der Waals surface area contributed by atoms with Crippen molar-refractivity contribution in [2.24, 2.45) is 0 Å². The minimum atomic E-state index is -0.718. The Kier molecular flexibility index (Phi) is 7.39. The van der Waals surface area contributed by atoms with Crippen LogP contribution >= 0.6 is 23.2 Å². The van der Waals surface area contributed by atoms with Gasteiger partial charge in [0.25, 0.3) is 0 Å². The van der Waals surface area contributed by atoms with E-state index in [1.165, 1.54) is 18.9 Å². The summed E-state index contributed by atoms with van der Waals surface area (Å²) in [7, 11) is 2.48. The van der Waals surface area contributed by atoms with E-state index in [0.717, 1.165) is 0 Å². The summed E-state index contributed by atoms with van der Waals surface area (Å²) in [5.41, 5.74) is 2.07. The second kappa shape index (κ2) is 10.6. The first kappa shape index (κ1) is 24.3. The van der Waals surface area contributed by atoms with Gasteiger partial charge in [0.2, 0.25) is 0 Å². The molecule has 0 amide bonds. The summed E-state index contributed by atoms with van der Waals surface area (Å²) in [5, 5.41) is 5.60. The molecule has 1 aromatic heterocycles. The van der Waals surface area contributed by atoms with E-state index in [4.69, 9.17) is 37.4 Å². The maximum Gasteiger partial charge on any atom is 0.357 e. The van der Waals surface area contributed by atoms with Crippen molar-refractivity contribution in [3.05, 3.63) is 99.7 Å². The molecule has 0 saturated heterocycles. The molecule has 0 aliphatic carbocycles. The number of halogens is 2. The van der Waals surface area contributed by atoms with Crippen molar-refractivity contribution >= 4 is 35.1 Å². The predicted octanol–water partition coefficient (Wildman–Crippen LogP) is 6.00. The number of carbonyl (C=O) groups excluding carboxylic acids is 2. The lowest BCUT2D eigenvalue weighted by Gasteiger charge is -2.10. The second-order valence-electron chi connectivity index (χ2n) is 7.32. The van der Waals surface area contributed by atoms with Crippen molar-refractivity contribution in [3.63, 3.8) is 0 Å². The smallest absolute Gasteiger partial charge is 0.357 e. The fourth-order valence-electron chi connectivity index (χ4n) is 3.49. The minimum Gasteiger partial charge on any atom is -0.489 e. The number of carbonyl (C=O) groups is 2. The molecule has 4 aromatic rings. The van der Waals surface area contributed by atoms with E-state index in [1.807, 2.05) is 6.07 Å². The van der Waals surface area contributed by atoms with Crippen LogP contribution in [0.15, 0.2) is 72.8 Å². The molecule has 0 aliphatic heterocycles. The Hall–Kier alpha value is -3.81. The first-order valence-corrected chi connectivity index (χ1v) is 11.2. The van der Waals surface area contributed by atoms with E-state index in [9.17, 15) is 9.59 Å². The maximum atomic E-state index is 12.8. The highest BCUT2D eigenvalue weighted by Gasteiger charge is 2.31. The molecule has 1 heterocycles. The zero-order valence-corrected chi connectivity index (χ0v) is 20.3. The molecule has 0 atom stereocenters. The molecule has 3 aromatic carbocycles. The highest BCUT2D eigenvalue weighted by molar-refractivity contribution is 6.35. The zero-order chi connectivity index (χ0) is 24.9. The van der Waals surface area contributed by atoms with Crippen LogP contribution in [0.1, 0.15) is 26.4 Å². The van der Waals surface area contributed by atoms with E-state index >= 15 is 0 Å². The summed E-state index contributed by atoms with van der Waals surface area (Å²) in [6.45, 7) is 0.181. The Balaban J connectivity index is 1.73. The molecule has 9 heteroatoms. The Labute approximate surface area is 211 Å². The fourth-order valence-corrected chi connectivity index (χ4v) is 4.00. The van der Waals surface area contributed by atoms with Gasteiger partial charge in [-0.3, -0.25) is 0 Å². The number of nitrogens with zero attached hydrogens (tertiary/aromatic N) is 2. The number of hydrogen-bond donors (Lipinski definition) is 0. The van der Waals surface area contributed by atoms with Gasteiger partial charge in [-0.05, 0) is 48.5 Å². The Morgan fingerprint density at radius 3 is 2.06 bits per heavy atom. The summed E-state index contributed by atoms with van der Waals surface area (Å²) in [6, 6.07) is 21.1. The Bertz CT molecular complexity index is 1350. The van der Waals surface area contributed by atoms with Crippen molar-refractivity contribution in [1.29, 1.82) is 0 Å². The van der Waals surface area contributed by atoms with Gasteiger partial charge in [-0.15, -0.1) is 0 Å². The molecule has 35 heavy (non-hydrogen) atoms. The van der Waals surface area contributed by atoms with Crippen molar-refractivity contribution in [2.75, 3.05) is 14.2 Å². The molecule has 0 fully saturated rings. The number of hydrogen-bond acceptors (Lipinski definition) is 6. The number of aromatic nitrogens is 2. The standard InChI is InChI=1S/C26H20Cl2N2O5/c1-33-25(31)22-23(29-30(24(22)26(32)34-2)17-7-4-3-5-8-17)16-11-13-18(14-12-16)35-15-19-20(27)9-6-10-21(19)28/h3-14H,15H2,1-2H3. The van der Waals surface area contributed by atoms with Gasteiger partial charge in [0.1, 0.15) is 23.6 Å². The maximum absolute atomic E-state index is 12.8. The van der Waals surface area contributed by atoms with Gasteiger partial charge < -0.3 is 14.2 Å². The highest BCUT2D eigenvalue weighted by atomic mass is 35.5. The lowest BCUT2D eigenvalue weighted by molar-refractivity contribution is 0.0549. The van der Waals surface area contributed by atoms with E-state index in [0.29, 0.717) is 32.6 Å². The number of para-hydroxylation sites is 1. The first-order valence-electron chi connectivity index (χ1n) is 10.5. The molecule has 0 bridgehead atoms. The number of esters is 2. The van der Waals surface area contributed by atoms with Gasteiger partial charge in [0.05, 0.1) is 19.9 Å². The van der Waals surface area contributed by atoms with Crippen LogP contribution in [-0.4, -0.2) is 35.9 Å². The molecule has 0 saturated carbocycles. The SMILES string of the molecule is COC(=O)c1c(-c2ccc(OCc3c(Cl)cccc3Cl)cc2)nn(-c2ccccc2)c1C(=O)OC. The Morgan fingerprint density at radius 2 is 1.46 bits per heavy atom. The third kappa shape index (κ3) is 5.01. The summed E-state index contributed by atoms with van der Waals surface area (Å²) in [5.74, 6) is -0.874. The highest BCUT2D eigenvalue weighted by Crippen LogP contribution is 2.31. The quantitative estimate of drug-likeness (QED) is 0.283. The minimum absolute atomic E-state index is 0.000259. The first-order chi connectivity index (χ1) is 16.9. The van der Waals surface area contributed by atoms with Crippen LogP contribution in [0.4, 0.5) is 0 Å². The predicted molar refractivity (Wildman–Crippen MR) is 132 cm³/mol. The van der Waals surface area contributed by atoms with Gasteiger partial charge >= 0.3 is 11.9 Å². The topological polar surface area (TPSA) is 79.7 Å². The van der Waals surface area contributed by atoms with E-state index in [-0.39, 0.29) is 23.6 Å². The summed E-state index contributed by atoms with van der Waals surface area (Å²) in [6.07, 6.45) is 0. The average molecular weight is 511 g/mol. The molecule has 0 radical (unpaired) electrons. The monoisotopic (exact) mass is 510 g/mol. The van der Waals surface area contributed by atoms with Crippen LogP contribution in [0, 0.1) is 0 Å². The van der Waals surface area contributed by atoms with Crippen molar-refractivity contribution in [1.82, 2.24) is 9.78 Å². The normalized spacial score (nSPS) is 10.6. The molecule has 0 aliphatic rings. The van der Waals surface area contributed by atoms with Gasteiger partial charge in [0.15, 0.2) is 5.69 Å². The lowest BCUT2D eigenvalue weighted by Crippen LogP contribution is -2.15. The van der Waals surface area contributed by atoms with E-state index in [1.54, 1.807) is 66.7 Å². The van der Waals surface area contributed by atoms with Crippen LogP contribution in [0.25, 0.3) is 16.9 Å². The lowest BCUT2D eigenvalue weighted by atomic mass is 10.1. The molecule has 178 valence electrons. The summed E-state index contributed by atoms with van der Waals surface area (Å²) in [4.78, 5) is 25.4. The molecule has 0 N–H and O–H groups in total. The number of rotatable bonds is 7. The van der Waals surface area contributed by atoms with Crippen LogP contribution in [0.3, 0.4) is 0 Å². The zero-order valence-electron chi connectivity index (χ0n) is 18.8. The van der Waals surface area contributed by atoms with E-state index in [2.05, 4.69) is 5.10 Å². The van der Waals surface area contributed by atoms with Gasteiger partial charge in [0, 0.05) is 21.2 Å². The largest absolute Gasteiger partial charge is 0.489 e. The fraction of sp³-hybridized carbons (Fsp3) is 0.115. The third-order valence-corrected chi connectivity index (χ3v) is 5.94. The molecule has 0 unspecified atom stereocenters. The van der Waals surface area contributed by atoms with Crippen LogP contribution in [0.5, 0.6) is 5.75 Å². The number of methoxy groups -OCH3 is 2. The van der Waals surface area contributed by atoms with Crippen LogP contribution in [0.2, 0.25) is 10.0 Å². The Morgan fingerprint density at radius 1 is 0.829 bits per heavy atom. The van der Waals surface area contributed by atoms with Gasteiger partial charge in [-0.25, -0.2) is 14.3 Å². The van der Waals surface area contributed by atoms with Crippen LogP contribution < -0.4 is 4.74 Å². The second-order valence-corrected chi connectivity index (χ2v) is 8.13. The van der Waals surface area contributed by atoms with Crippen molar-refractivity contribution in [3.8, 4) is 22.7 Å².